The second-order valence-electron chi connectivity index (χ2n) is 13.8. The Hall–Kier alpha value is -1.68. The summed E-state index contributed by atoms with van der Waals surface area (Å²) in [4.78, 5) is 13.0. The number of benzene rings is 2. The maximum Gasteiger partial charge on any atom is 0.311 e. The minimum Gasteiger partial charge on any atom is -0.456 e. The number of thioether (sulfide) groups is 1. The predicted octanol–water partition coefficient (Wildman–Crippen LogP) is 6.06. The summed E-state index contributed by atoms with van der Waals surface area (Å²) >= 11 is 1.52. The maximum absolute atomic E-state index is 13.0. The molecule has 0 saturated carbocycles. The van der Waals surface area contributed by atoms with Crippen molar-refractivity contribution in [3.8, 4) is 0 Å². The Kier molecular flexibility index (Phi) is 13.4. The summed E-state index contributed by atoms with van der Waals surface area (Å²) in [6.45, 7) is 14.2. The molecule has 0 radical (unpaired) electrons. The summed E-state index contributed by atoms with van der Waals surface area (Å²) in [6.07, 6.45) is 2.75. The Balaban J connectivity index is 1.91. The molecule has 3 rings (SSSR count). The molecule has 0 bridgehead atoms. The van der Waals surface area contributed by atoms with Crippen LogP contribution in [0.15, 0.2) is 60.7 Å². The molecule has 240 valence electrons. The Morgan fingerprint density at radius 1 is 0.837 bits per heavy atom. The van der Waals surface area contributed by atoms with Gasteiger partial charge in [-0.3, -0.25) is 4.79 Å². The molecule has 1 saturated heterocycles. The zero-order chi connectivity index (χ0) is 31.7. The number of rotatable bonds is 14. The number of ether oxygens (including phenoxy) is 2. The minimum atomic E-state index is -2.92. The van der Waals surface area contributed by atoms with Crippen molar-refractivity contribution in [1.82, 2.24) is 0 Å². The van der Waals surface area contributed by atoms with Crippen molar-refractivity contribution in [2.24, 2.45) is 5.41 Å². The number of carbonyl (C=O) groups excluding carboxylic acids is 1. The molecule has 2 aromatic carbocycles. The van der Waals surface area contributed by atoms with E-state index in [-0.39, 0.29) is 11.6 Å². The van der Waals surface area contributed by atoms with Crippen molar-refractivity contribution < 1.29 is 28.9 Å². The summed E-state index contributed by atoms with van der Waals surface area (Å²) in [5, 5.41) is 24.5. The third-order valence-electron chi connectivity index (χ3n) is 8.16. The molecule has 1 heterocycles. The molecular formula is C35H54O6SSi. The first-order valence-electron chi connectivity index (χ1n) is 15.9. The van der Waals surface area contributed by atoms with Gasteiger partial charge in [-0.05, 0) is 48.4 Å². The summed E-state index contributed by atoms with van der Waals surface area (Å²) in [5.74, 6) is 0.357. The summed E-state index contributed by atoms with van der Waals surface area (Å²) in [7, 11) is -2.92. The topological polar surface area (TPSA) is 85.2 Å². The lowest BCUT2D eigenvalue weighted by Crippen LogP contribution is -2.68. The molecule has 2 N–H and O–H groups in total. The highest BCUT2D eigenvalue weighted by Gasteiger charge is 2.53. The van der Waals surface area contributed by atoms with E-state index in [1.807, 2.05) is 36.4 Å². The van der Waals surface area contributed by atoms with Crippen molar-refractivity contribution in [3.05, 3.63) is 60.7 Å². The van der Waals surface area contributed by atoms with E-state index in [0.717, 1.165) is 29.0 Å². The predicted molar refractivity (Wildman–Crippen MR) is 179 cm³/mol. The quantitative estimate of drug-likeness (QED) is 0.149. The fraction of sp³-hybridized carbons (Fsp3) is 0.629. The molecule has 2 aromatic rings. The van der Waals surface area contributed by atoms with Crippen LogP contribution in [0.5, 0.6) is 0 Å². The first-order chi connectivity index (χ1) is 20.3. The van der Waals surface area contributed by atoms with Crippen molar-refractivity contribution in [3.63, 3.8) is 0 Å². The van der Waals surface area contributed by atoms with Gasteiger partial charge < -0.3 is 24.1 Å². The van der Waals surface area contributed by atoms with Crippen molar-refractivity contribution in [1.29, 1.82) is 0 Å². The molecule has 8 heteroatoms. The molecule has 0 aromatic heterocycles. The molecule has 1 aliphatic rings. The third kappa shape index (κ3) is 9.18. The summed E-state index contributed by atoms with van der Waals surface area (Å²) in [6, 6.07) is 20.7. The monoisotopic (exact) mass is 630 g/mol. The number of aliphatic hydroxyl groups is 2. The van der Waals surface area contributed by atoms with Gasteiger partial charge in [0.25, 0.3) is 8.32 Å². The third-order valence-corrected chi connectivity index (χ3v) is 14.4. The lowest BCUT2D eigenvalue weighted by atomic mass is 9.95. The highest BCUT2D eigenvalue weighted by Crippen LogP contribution is 2.38. The van der Waals surface area contributed by atoms with E-state index < -0.39 is 49.6 Å². The van der Waals surface area contributed by atoms with Gasteiger partial charge in [0.15, 0.2) is 6.10 Å². The number of carbonyl (C=O) groups is 1. The fourth-order valence-electron chi connectivity index (χ4n) is 5.67. The van der Waals surface area contributed by atoms with Gasteiger partial charge in [0.1, 0.15) is 23.7 Å². The molecule has 5 atom stereocenters. The average Bonchev–Trinajstić information content (AvgIpc) is 2.96. The highest BCUT2D eigenvalue weighted by molar-refractivity contribution is 7.99. The Labute approximate surface area is 265 Å². The molecule has 6 nitrogen and oxygen atoms in total. The molecule has 0 spiro atoms. The van der Waals surface area contributed by atoms with E-state index in [9.17, 15) is 15.0 Å². The van der Waals surface area contributed by atoms with E-state index in [1.54, 1.807) is 20.8 Å². The van der Waals surface area contributed by atoms with Crippen LogP contribution in [-0.4, -0.2) is 66.7 Å². The second-order valence-corrected chi connectivity index (χ2v) is 19.3. The van der Waals surface area contributed by atoms with E-state index in [0.29, 0.717) is 0 Å². The van der Waals surface area contributed by atoms with Crippen LogP contribution in [-0.2, 0) is 18.7 Å². The SMILES string of the molecule is CCCCCCCCS[C@@H]1O[C@H](CO[Si](c2ccccc2)(c2ccccc2)C(C)(C)C)[C@@H](OC(=O)C(C)(C)C)[C@H](O)[C@H]1O. The van der Waals surface area contributed by atoms with Gasteiger partial charge in [0.2, 0.25) is 0 Å². The number of aliphatic hydroxyl groups excluding tert-OH is 2. The van der Waals surface area contributed by atoms with Crippen molar-refractivity contribution in [2.45, 2.75) is 122 Å². The zero-order valence-corrected chi connectivity index (χ0v) is 29.1. The number of unbranched alkanes of at least 4 members (excludes halogenated alkanes) is 5. The van der Waals surface area contributed by atoms with E-state index in [2.05, 4.69) is 52.0 Å². The van der Waals surface area contributed by atoms with E-state index >= 15 is 0 Å². The molecule has 0 amide bonds. The highest BCUT2D eigenvalue weighted by atomic mass is 32.2. The molecular weight excluding hydrogens is 577 g/mol. The maximum atomic E-state index is 13.0. The molecule has 1 aliphatic heterocycles. The minimum absolute atomic E-state index is 0.104. The normalized spacial score (nSPS) is 23.2. The van der Waals surface area contributed by atoms with Crippen LogP contribution in [0, 0.1) is 5.41 Å². The van der Waals surface area contributed by atoms with Crippen LogP contribution in [0.25, 0.3) is 0 Å². The van der Waals surface area contributed by atoms with Gasteiger partial charge in [-0.25, -0.2) is 0 Å². The zero-order valence-electron chi connectivity index (χ0n) is 27.3. The van der Waals surface area contributed by atoms with Crippen LogP contribution >= 0.6 is 11.8 Å². The molecule has 0 aliphatic carbocycles. The largest absolute Gasteiger partial charge is 0.456 e. The van der Waals surface area contributed by atoms with Crippen molar-refractivity contribution >= 4 is 36.4 Å². The van der Waals surface area contributed by atoms with Gasteiger partial charge in [-0.15, -0.1) is 11.8 Å². The van der Waals surface area contributed by atoms with Gasteiger partial charge in [-0.2, -0.15) is 0 Å². The summed E-state index contributed by atoms with van der Waals surface area (Å²) in [5.41, 5.74) is -1.43. The van der Waals surface area contributed by atoms with Crippen LogP contribution < -0.4 is 10.4 Å². The fourth-order valence-corrected chi connectivity index (χ4v) is 11.4. The Morgan fingerprint density at radius 3 is 1.88 bits per heavy atom. The first kappa shape index (κ1) is 35.8. The Morgan fingerprint density at radius 2 is 1.37 bits per heavy atom. The van der Waals surface area contributed by atoms with Gasteiger partial charge in [0, 0.05) is 0 Å². The standard InChI is InChI=1S/C35H54O6SSi/c1-8-9-10-11-12-19-24-42-32-30(37)29(36)31(41-33(38)34(2,3)4)28(40-32)25-39-43(35(5,6)7,26-20-15-13-16-21-26)27-22-17-14-18-23-27/h13-18,20-23,28-32,36-37H,8-12,19,24-25H2,1-7H3/t28-,29-,30-,31-,32+/m1/s1. The number of hydrogen-bond donors (Lipinski definition) is 2. The van der Waals surface area contributed by atoms with Gasteiger partial charge in [-0.1, -0.05) is 120 Å². The number of esters is 1. The molecule has 43 heavy (non-hydrogen) atoms. The first-order valence-corrected chi connectivity index (χ1v) is 18.9. The van der Waals surface area contributed by atoms with Crippen LogP contribution in [0.2, 0.25) is 5.04 Å². The Bertz CT molecular complexity index is 1060. The van der Waals surface area contributed by atoms with Crippen LogP contribution in [0.4, 0.5) is 0 Å². The molecule has 0 unspecified atom stereocenters. The second kappa shape index (κ2) is 16.0. The van der Waals surface area contributed by atoms with Gasteiger partial charge in [0.05, 0.1) is 12.0 Å². The lowest BCUT2D eigenvalue weighted by molar-refractivity contribution is -0.224. The van der Waals surface area contributed by atoms with E-state index in [1.165, 1.54) is 37.4 Å². The van der Waals surface area contributed by atoms with Crippen molar-refractivity contribution in [2.75, 3.05) is 12.4 Å². The average molecular weight is 631 g/mol. The smallest absolute Gasteiger partial charge is 0.311 e. The number of hydrogen-bond acceptors (Lipinski definition) is 7. The van der Waals surface area contributed by atoms with Crippen LogP contribution in [0.3, 0.4) is 0 Å². The lowest BCUT2D eigenvalue weighted by Gasteiger charge is -2.46. The van der Waals surface area contributed by atoms with Gasteiger partial charge >= 0.3 is 5.97 Å². The van der Waals surface area contributed by atoms with E-state index in [4.69, 9.17) is 13.9 Å². The van der Waals surface area contributed by atoms with Crippen LogP contribution in [0.1, 0.15) is 87.0 Å². The summed E-state index contributed by atoms with van der Waals surface area (Å²) < 4.78 is 19.5. The molecule has 1 fully saturated rings.